The van der Waals surface area contributed by atoms with Crippen LogP contribution in [0, 0.1) is 5.41 Å². The van der Waals surface area contributed by atoms with Gasteiger partial charge in [0.05, 0.1) is 5.41 Å². The van der Waals surface area contributed by atoms with Crippen LogP contribution in [-0.4, -0.2) is 12.5 Å². The van der Waals surface area contributed by atoms with E-state index >= 15 is 0 Å². The van der Waals surface area contributed by atoms with Crippen molar-refractivity contribution < 1.29 is 9.53 Å². The van der Waals surface area contributed by atoms with E-state index in [0.717, 1.165) is 24.8 Å². The molecular formula is C16H23NO2. The molecule has 0 radical (unpaired) electrons. The summed E-state index contributed by atoms with van der Waals surface area (Å²) in [5, 5.41) is 0. The van der Waals surface area contributed by atoms with Crippen molar-refractivity contribution in [3.63, 3.8) is 0 Å². The number of carbonyl (C=O) groups is 1. The Bertz CT molecular complexity index is 452. The lowest BCUT2D eigenvalue weighted by Crippen LogP contribution is -2.37. The summed E-state index contributed by atoms with van der Waals surface area (Å²) in [6.07, 6.45) is 3.66. The molecule has 3 nitrogen and oxygen atoms in total. The molecule has 1 aliphatic carbocycles. The molecular weight excluding hydrogens is 238 g/mol. The highest BCUT2D eigenvalue weighted by atomic mass is 16.5. The lowest BCUT2D eigenvalue weighted by atomic mass is 9.86. The van der Waals surface area contributed by atoms with Crippen LogP contribution in [0.5, 0.6) is 0 Å². The molecule has 0 amide bonds. The van der Waals surface area contributed by atoms with Gasteiger partial charge >= 0.3 is 5.97 Å². The van der Waals surface area contributed by atoms with Gasteiger partial charge in [0.1, 0.15) is 6.10 Å². The maximum atomic E-state index is 12.3. The minimum absolute atomic E-state index is 0.102. The molecule has 104 valence electrons. The van der Waals surface area contributed by atoms with Crippen LogP contribution in [0.4, 0.5) is 0 Å². The first-order valence-corrected chi connectivity index (χ1v) is 7.09. The quantitative estimate of drug-likeness (QED) is 0.848. The molecule has 3 heteroatoms. The van der Waals surface area contributed by atoms with Crippen molar-refractivity contribution in [3.8, 4) is 0 Å². The largest absolute Gasteiger partial charge is 0.457 e. The molecule has 2 atom stereocenters. The molecule has 0 saturated heterocycles. The van der Waals surface area contributed by atoms with E-state index in [2.05, 4.69) is 12.1 Å². The summed E-state index contributed by atoms with van der Waals surface area (Å²) in [5.41, 5.74) is 7.62. The Labute approximate surface area is 115 Å². The number of aryl methyl sites for hydroxylation is 1. The highest BCUT2D eigenvalue weighted by Crippen LogP contribution is 2.34. The predicted octanol–water partition coefficient (Wildman–Crippen LogP) is 2.98. The van der Waals surface area contributed by atoms with E-state index in [0.29, 0.717) is 13.0 Å². The van der Waals surface area contributed by atoms with E-state index in [-0.39, 0.29) is 12.1 Å². The second kappa shape index (κ2) is 5.74. The first-order chi connectivity index (χ1) is 9.10. The number of rotatable bonds is 4. The van der Waals surface area contributed by atoms with Gasteiger partial charge in [-0.15, -0.1) is 0 Å². The molecule has 2 unspecified atom stereocenters. The van der Waals surface area contributed by atoms with E-state index in [1.54, 1.807) is 0 Å². The van der Waals surface area contributed by atoms with Gasteiger partial charge in [0, 0.05) is 6.54 Å². The van der Waals surface area contributed by atoms with E-state index in [1.807, 2.05) is 26.0 Å². The number of esters is 1. The molecule has 0 bridgehead atoms. The van der Waals surface area contributed by atoms with Crippen molar-refractivity contribution in [3.05, 3.63) is 35.4 Å². The molecule has 1 aromatic rings. The smallest absolute Gasteiger partial charge is 0.313 e. The van der Waals surface area contributed by atoms with Gasteiger partial charge in [0.15, 0.2) is 0 Å². The Morgan fingerprint density at radius 3 is 2.89 bits per heavy atom. The number of fused-ring (bicyclic) bond motifs is 1. The predicted molar refractivity (Wildman–Crippen MR) is 75.7 cm³/mol. The molecule has 0 spiro atoms. The second-order valence-corrected chi connectivity index (χ2v) is 5.60. The first-order valence-electron chi connectivity index (χ1n) is 7.09. The third-order valence-corrected chi connectivity index (χ3v) is 4.29. The molecule has 1 aromatic carbocycles. The van der Waals surface area contributed by atoms with Gasteiger partial charge < -0.3 is 10.5 Å². The Morgan fingerprint density at radius 2 is 2.21 bits per heavy atom. The van der Waals surface area contributed by atoms with Crippen molar-refractivity contribution in [1.29, 1.82) is 0 Å². The van der Waals surface area contributed by atoms with Crippen LogP contribution >= 0.6 is 0 Å². The zero-order valence-electron chi connectivity index (χ0n) is 11.8. The number of hydrogen-bond donors (Lipinski definition) is 1. The van der Waals surface area contributed by atoms with Crippen LogP contribution in [0.2, 0.25) is 0 Å². The maximum absolute atomic E-state index is 12.3. The van der Waals surface area contributed by atoms with Gasteiger partial charge in [-0.2, -0.15) is 0 Å². The Hall–Kier alpha value is -1.35. The van der Waals surface area contributed by atoms with Gasteiger partial charge in [0.25, 0.3) is 0 Å². The van der Waals surface area contributed by atoms with Gasteiger partial charge in [-0.05, 0) is 43.7 Å². The van der Waals surface area contributed by atoms with Gasteiger partial charge in [-0.1, -0.05) is 31.2 Å². The molecule has 2 N–H and O–H groups in total. The molecule has 19 heavy (non-hydrogen) atoms. The molecule has 0 aliphatic heterocycles. The van der Waals surface area contributed by atoms with Gasteiger partial charge in [0.2, 0.25) is 0 Å². The summed E-state index contributed by atoms with van der Waals surface area (Å²) in [4.78, 5) is 12.3. The van der Waals surface area contributed by atoms with Crippen LogP contribution in [0.1, 0.15) is 50.3 Å². The van der Waals surface area contributed by atoms with Crippen molar-refractivity contribution in [2.24, 2.45) is 11.1 Å². The van der Waals surface area contributed by atoms with Crippen LogP contribution in [0.15, 0.2) is 24.3 Å². The highest BCUT2D eigenvalue weighted by Gasteiger charge is 2.34. The van der Waals surface area contributed by atoms with E-state index in [1.165, 1.54) is 5.56 Å². The number of ether oxygens (including phenoxy) is 1. The molecule has 0 fully saturated rings. The SMILES string of the molecule is CCC(C)(CN)C(=O)OC1CCCc2ccccc21. The molecule has 0 saturated carbocycles. The van der Waals surface area contributed by atoms with Crippen LogP contribution in [0.25, 0.3) is 0 Å². The number of benzene rings is 1. The Balaban J connectivity index is 2.15. The average molecular weight is 261 g/mol. The fourth-order valence-electron chi connectivity index (χ4n) is 2.48. The fourth-order valence-corrected chi connectivity index (χ4v) is 2.48. The van der Waals surface area contributed by atoms with E-state index in [9.17, 15) is 4.79 Å². The number of nitrogens with two attached hydrogens (primary N) is 1. The minimum atomic E-state index is -0.563. The highest BCUT2D eigenvalue weighted by molar-refractivity contribution is 5.77. The van der Waals surface area contributed by atoms with Crippen LogP contribution in [-0.2, 0) is 16.0 Å². The van der Waals surface area contributed by atoms with Crippen molar-refractivity contribution in [1.82, 2.24) is 0 Å². The van der Waals surface area contributed by atoms with E-state index in [4.69, 9.17) is 10.5 Å². The van der Waals surface area contributed by atoms with Crippen molar-refractivity contribution >= 4 is 5.97 Å². The van der Waals surface area contributed by atoms with E-state index < -0.39 is 5.41 Å². The maximum Gasteiger partial charge on any atom is 0.313 e. The average Bonchev–Trinajstić information content (AvgIpc) is 2.46. The summed E-state index contributed by atoms with van der Waals surface area (Å²) in [6, 6.07) is 8.24. The number of carbonyl (C=O) groups excluding carboxylic acids is 1. The summed E-state index contributed by atoms with van der Waals surface area (Å²) in [6.45, 7) is 4.18. The summed E-state index contributed by atoms with van der Waals surface area (Å²) in [5.74, 6) is -0.167. The molecule has 0 aromatic heterocycles. The van der Waals surface area contributed by atoms with Gasteiger partial charge in [-0.3, -0.25) is 4.79 Å². The standard InChI is InChI=1S/C16H23NO2/c1-3-16(2,11-17)15(18)19-14-10-6-8-12-7-4-5-9-13(12)14/h4-5,7,9,14H,3,6,8,10-11,17H2,1-2H3. The third-order valence-electron chi connectivity index (χ3n) is 4.29. The summed E-state index contributed by atoms with van der Waals surface area (Å²) >= 11 is 0. The number of hydrogen-bond acceptors (Lipinski definition) is 3. The topological polar surface area (TPSA) is 52.3 Å². The summed E-state index contributed by atoms with van der Waals surface area (Å²) < 4.78 is 5.75. The van der Waals surface area contributed by atoms with Crippen molar-refractivity contribution in [2.45, 2.75) is 45.6 Å². The van der Waals surface area contributed by atoms with Crippen LogP contribution < -0.4 is 5.73 Å². The van der Waals surface area contributed by atoms with Crippen molar-refractivity contribution in [2.75, 3.05) is 6.54 Å². The molecule has 0 heterocycles. The monoisotopic (exact) mass is 261 g/mol. The normalized spacial score (nSPS) is 21.3. The zero-order chi connectivity index (χ0) is 13.9. The second-order valence-electron chi connectivity index (χ2n) is 5.60. The molecule has 2 rings (SSSR count). The third kappa shape index (κ3) is 2.81. The lowest BCUT2D eigenvalue weighted by molar-refractivity contribution is -0.161. The Kier molecular flexibility index (Phi) is 4.25. The molecule has 1 aliphatic rings. The first kappa shape index (κ1) is 14.1. The summed E-state index contributed by atoms with van der Waals surface area (Å²) in [7, 11) is 0. The van der Waals surface area contributed by atoms with Crippen LogP contribution in [0.3, 0.4) is 0 Å². The minimum Gasteiger partial charge on any atom is -0.457 e. The Morgan fingerprint density at radius 1 is 1.47 bits per heavy atom. The fraction of sp³-hybridized carbons (Fsp3) is 0.562. The zero-order valence-corrected chi connectivity index (χ0v) is 11.8. The lowest BCUT2D eigenvalue weighted by Gasteiger charge is -2.30. The van der Waals surface area contributed by atoms with Gasteiger partial charge in [-0.25, -0.2) is 0 Å².